The molecular formula is C25H34ClN3O4S. The number of rotatable bonds is 10. The second-order valence-corrected chi connectivity index (χ2v) is 10.9. The van der Waals surface area contributed by atoms with Crippen molar-refractivity contribution >= 4 is 39.1 Å². The van der Waals surface area contributed by atoms with Gasteiger partial charge in [0.25, 0.3) is 0 Å². The topological polar surface area (TPSA) is 86.8 Å². The summed E-state index contributed by atoms with van der Waals surface area (Å²) >= 11 is 6.22. The first-order chi connectivity index (χ1) is 15.9. The van der Waals surface area contributed by atoms with Gasteiger partial charge >= 0.3 is 0 Å². The predicted molar refractivity (Wildman–Crippen MR) is 137 cm³/mol. The van der Waals surface area contributed by atoms with E-state index in [0.717, 1.165) is 28.1 Å². The van der Waals surface area contributed by atoms with E-state index in [9.17, 15) is 18.0 Å². The molecule has 1 N–H and O–H groups in total. The quantitative estimate of drug-likeness (QED) is 0.525. The minimum atomic E-state index is -3.81. The van der Waals surface area contributed by atoms with Gasteiger partial charge in [0.05, 0.1) is 11.9 Å². The Labute approximate surface area is 208 Å². The van der Waals surface area contributed by atoms with E-state index in [2.05, 4.69) is 5.32 Å². The van der Waals surface area contributed by atoms with E-state index in [1.807, 2.05) is 45.0 Å². The zero-order chi connectivity index (χ0) is 25.6. The van der Waals surface area contributed by atoms with E-state index in [-0.39, 0.29) is 18.5 Å². The number of nitrogens with one attached hydrogen (secondary N) is 1. The summed E-state index contributed by atoms with van der Waals surface area (Å²) < 4.78 is 26.4. The first-order valence-electron chi connectivity index (χ1n) is 11.2. The zero-order valence-corrected chi connectivity index (χ0v) is 22.2. The normalized spacial score (nSPS) is 13.1. The average Bonchev–Trinajstić information content (AvgIpc) is 2.77. The van der Waals surface area contributed by atoms with Crippen LogP contribution in [0.25, 0.3) is 0 Å². The first-order valence-corrected chi connectivity index (χ1v) is 13.5. The van der Waals surface area contributed by atoms with Gasteiger partial charge in [-0.1, -0.05) is 48.9 Å². The molecule has 0 radical (unpaired) electrons. The summed E-state index contributed by atoms with van der Waals surface area (Å²) in [6.07, 6.45) is 1.80. The Morgan fingerprint density at radius 2 is 1.71 bits per heavy atom. The fourth-order valence-electron chi connectivity index (χ4n) is 3.48. The highest BCUT2D eigenvalue weighted by Crippen LogP contribution is 2.28. The van der Waals surface area contributed by atoms with Crippen LogP contribution in [0.1, 0.15) is 43.9 Å². The number of hydrogen-bond donors (Lipinski definition) is 1. The highest BCUT2D eigenvalue weighted by Gasteiger charge is 2.31. The molecule has 0 bridgehead atoms. The number of carbonyl (C=O) groups is 2. The molecule has 0 heterocycles. The molecule has 0 spiro atoms. The van der Waals surface area contributed by atoms with Crippen LogP contribution in [0.5, 0.6) is 0 Å². The molecule has 0 saturated carbocycles. The molecule has 7 nitrogen and oxygen atoms in total. The van der Waals surface area contributed by atoms with E-state index in [4.69, 9.17) is 11.6 Å². The molecule has 2 amide bonds. The van der Waals surface area contributed by atoms with E-state index >= 15 is 0 Å². The van der Waals surface area contributed by atoms with Crippen LogP contribution in [0.4, 0.5) is 5.69 Å². The zero-order valence-electron chi connectivity index (χ0n) is 20.6. The molecule has 9 heteroatoms. The predicted octanol–water partition coefficient (Wildman–Crippen LogP) is 4.05. The maximum atomic E-state index is 13.6. The number of hydrogen-bond acceptors (Lipinski definition) is 4. The van der Waals surface area contributed by atoms with E-state index in [1.54, 1.807) is 32.0 Å². The van der Waals surface area contributed by atoms with Crippen LogP contribution in [0.3, 0.4) is 0 Å². The van der Waals surface area contributed by atoms with Crippen molar-refractivity contribution < 1.29 is 18.0 Å². The monoisotopic (exact) mass is 507 g/mol. The second kappa shape index (κ2) is 11.7. The molecule has 0 saturated heterocycles. The Morgan fingerprint density at radius 1 is 1.06 bits per heavy atom. The third-order valence-corrected chi connectivity index (χ3v) is 7.49. The Bertz CT molecular complexity index is 1140. The number of amides is 2. The number of anilines is 1. The van der Waals surface area contributed by atoms with Gasteiger partial charge in [-0.2, -0.15) is 0 Å². The molecule has 0 aliphatic heterocycles. The van der Waals surface area contributed by atoms with Gasteiger partial charge in [-0.05, 0) is 62.9 Å². The van der Waals surface area contributed by atoms with Crippen LogP contribution in [-0.4, -0.2) is 50.0 Å². The van der Waals surface area contributed by atoms with E-state index < -0.39 is 28.5 Å². The number of benzene rings is 2. The van der Waals surface area contributed by atoms with Crippen molar-refractivity contribution in [2.75, 3.05) is 17.1 Å². The highest BCUT2D eigenvalue weighted by atomic mass is 35.5. The van der Waals surface area contributed by atoms with Crippen molar-refractivity contribution in [2.45, 2.75) is 59.7 Å². The molecule has 2 rings (SSSR count). The molecule has 34 heavy (non-hydrogen) atoms. The van der Waals surface area contributed by atoms with Crippen LogP contribution in [0.2, 0.25) is 5.02 Å². The van der Waals surface area contributed by atoms with Crippen LogP contribution in [0.15, 0.2) is 42.5 Å². The fourth-order valence-corrected chi connectivity index (χ4v) is 4.55. The summed E-state index contributed by atoms with van der Waals surface area (Å²) in [7, 11) is -3.81. The minimum Gasteiger partial charge on any atom is -0.352 e. The van der Waals surface area contributed by atoms with Crippen molar-refractivity contribution in [3.8, 4) is 0 Å². The molecular weight excluding hydrogens is 474 g/mol. The second-order valence-electron chi connectivity index (χ2n) is 8.60. The Morgan fingerprint density at radius 3 is 2.29 bits per heavy atom. The van der Waals surface area contributed by atoms with E-state index in [0.29, 0.717) is 16.3 Å². The number of aryl methyl sites for hydroxylation is 1. The standard InChI is InChI=1S/C25H34ClN3O4S/c1-7-18(3)27-25(31)20(5)28(15-21-12-9-8-11-17(21)2)24(30)16-29(34(6,32)33)23-14-10-13-22(26)19(23)4/h8-14,18,20H,7,15-16H2,1-6H3,(H,27,31)/t18-,20-/m0/s1. The molecule has 2 aromatic rings. The van der Waals surface area contributed by atoms with Gasteiger partial charge < -0.3 is 10.2 Å². The molecule has 2 atom stereocenters. The maximum absolute atomic E-state index is 13.6. The molecule has 0 fully saturated rings. The smallest absolute Gasteiger partial charge is 0.244 e. The number of carbonyl (C=O) groups excluding carboxylic acids is 2. The molecule has 2 aromatic carbocycles. The minimum absolute atomic E-state index is 0.0491. The van der Waals surface area contributed by atoms with Gasteiger partial charge in [0.1, 0.15) is 12.6 Å². The van der Waals surface area contributed by atoms with Gasteiger partial charge in [0.2, 0.25) is 21.8 Å². The largest absolute Gasteiger partial charge is 0.352 e. The lowest BCUT2D eigenvalue weighted by Gasteiger charge is -2.32. The molecule has 0 aliphatic carbocycles. The Kier molecular flexibility index (Phi) is 9.53. The molecule has 0 aliphatic rings. The summed E-state index contributed by atoms with van der Waals surface area (Å²) in [5.74, 6) is -0.777. The molecule has 0 aromatic heterocycles. The van der Waals surface area contributed by atoms with Crippen LogP contribution >= 0.6 is 11.6 Å². The summed E-state index contributed by atoms with van der Waals surface area (Å²) in [6, 6.07) is 11.7. The van der Waals surface area contributed by atoms with Crippen molar-refractivity contribution in [3.63, 3.8) is 0 Å². The van der Waals surface area contributed by atoms with Gasteiger partial charge in [-0.3, -0.25) is 13.9 Å². The van der Waals surface area contributed by atoms with Gasteiger partial charge in [0.15, 0.2) is 0 Å². The lowest BCUT2D eigenvalue weighted by atomic mass is 10.1. The number of nitrogens with zero attached hydrogens (tertiary/aromatic N) is 2. The molecule has 186 valence electrons. The Hall–Kier alpha value is -2.58. The van der Waals surface area contributed by atoms with Crippen molar-refractivity contribution in [2.24, 2.45) is 0 Å². The lowest BCUT2D eigenvalue weighted by molar-refractivity contribution is -0.139. The summed E-state index contributed by atoms with van der Waals surface area (Å²) in [5, 5.41) is 3.31. The number of sulfonamides is 1. The van der Waals surface area contributed by atoms with Gasteiger partial charge in [-0.15, -0.1) is 0 Å². The van der Waals surface area contributed by atoms with Gasteiger partial charge in [-0.25, -0.2) is 8.42 Å². The molecule has 0 unspecified atom stereocenters. The SMILES string of the molecule is CC[C@H](C)NC(=O)[C@H](C)N(Cc1ccccc1C)C(=O)CN(c1cccc(Cl)c1C)S(C)(=O)=O. The van der Waals surface area contributed by atoms with Crippen LogP contribution in [0, 0.1) is 13.8 Å². The van der Waals surface area contributed by atoms with Crippen LogP contribution < -0.4 is 9.62 Å². The average molecular weight is 508 g/mol. The number of halogens is 1. The maximum Gasteiger partial charge on any atom is 0.244 e. The van der Waals surface area contributed by atoms with Crippen molar-refractivity contribution in [3.05, 3.63) is 64.2 Å². The van der Waals surface area contributed by atoms with Gasteiger partial charge in [0, 0.05) is 17.6 Å². The first kappa shape index (κ1) is 27.7. The summed E-state index contributed by atoms with van der Waals surface area (Å²) in [4.78, 5) is 28.0. The Balaban J connectivity index is 2.45. The lowest BCUT2D eigenvalue weighted by Crippen LogP contribution is -2.52. The van der Waals surface area contributed by atoms with Crippen molar-refractivity contribution in [1.82, 2.24) is 10.2 Å². The summed E-state index contributed by atoms with van der Waals surface area (Å²) in [6.45, 7) is 8.87. The fraction of sp³-hybridized carbons (Fsp3) is 0.440. The summed E-state index contributed by atoms with van der Waals surface area (Å²) in [5.41, 5.74) is 2.73. The third-order valence-electron chi connectivity index (χ3n) is 5.96. The highest BCUT2D eigenvalue weighted by molar-refractivity contribution is 7.92. The van der Waals surface area contributed by atoms with Crippen molar-refractivity contribution in [1.29, 1.82) is 0 Å². The van der Waals surface area contributed by atoms with E-state index in [1.165, 1.54) is 4.90 Å². The van der Waals surface area contributed by atoms with Crippen LogP contribution in [-0.2, 0) is 26.2 Å². The third kappa shape index (κ3) is 6.96.